The Bertz CT molecular complexity index is 667. The Balaban J connectivity index is 1.92. The Morgan fingerprint density at radius 1 is 1.45 bits per heavy atom. The van der Waals surface area contributed by atoms with Crippen molar-refractivity contribution in [1.82, 2.24) is 4.90 Å². The predicted octanol–water partition coefficient (Wildman–Crippen LogP) is 2.63. The van der Waals surface area contributed by atoms with Gasteiger partial charge in [-0.15, -0.1) is 0 Å². The molecule has 0 amide bonds. The molecular formula is C18H22N2O2. The fourth-order valence-corrected chi connectivity index (χ4v) is 4.77. The number of likely N-dealkylation sites (N-methyl/N-ethyl adjacent to an activating group) is 1. The number of aliphatic carboxylic acids is 1. The first-order valence-corrected chi connectivity index (χ1v) is 8.13. The SMILES string of the molecule is CCC1C2CNc3cccc(c32)C2=C[C@@H](C(=O)O)CN(C)[C@@H]21. The molecule has 2 N–H and O–H groups in total. The van der Waals surface area contributed by atoms with Crippen LogP contribution in [0.4, 0.5) is 5.69 Å². The molecule has 0 spiro atoms. The lowest BCUT2D eigenvalue weighted by Crippen LogP contribution is -2.49. The Morgan fingerprint density at radius 3 is 3.00 bits per heavy atom. The third-order valence-electron chi connectivity index (χ3n) is 5.67. The molecular weight excluding hydrogens is 276 g/mol. The fraction of sp³-hybridized carbons (Fsp3) is 0.500. The summed E-state index contributed by atoms with van der Waals surface area (Å²) in [5, 5.41) is 13.0. The topological polar surface area (TPSA) is 52.6 Å². The lowest BCUT2D eigenvalue weighted by Gasteiger charge is -2.46. The number of carbonyl (C=O) groups is 1. The molecule has 3 aliphatic rings. The van der Waals surface area contributed by atoms with Crippen LogP contribution in [0.15, 0.2) is 24.3 Å². The third kappa shape index (κ3) is 1.76. The van der Waals surface area contributed by atoms with Crippen molar-refractivity contribution < 1.29 is 9.90 Å². The number of carboxylic acids is 1. The Hall–Kier alpha value is -1.81. The number of hydrogen-bond acceptors (Lipinski definition) is 3. The molecule has 0 bridgehead atoms. The van der Waals surface area contributed by atoms with Crippen LogP contribution in [-0.2, 0) is 4.79 Å². The van der Waals surface area contributed by atoms with Gasteiger partial charge in [0.25, 0.3) is 0 Å². The second-order valence-electron chi connectivity index (χ2n) is 6.78. The van der Waals surface area contributed by atoms with Crippen LogP contribution in [0.5, 0.6) is 0 Å². The van der Waals surface area contributed by atoms with E-state index >= 15 is 0 Å². The summed E-state index contributed by atoms with van der Waals surface area (Å²) in [6.45, 7) is 3.87. The van der Waals surface area contributed by atoms with Crippen LogP contribution in [-0.4, -0.2) is 42.2 Å². The highest BCUT2D eigenvalue weighted by Crippen LogP contribution is 2.52. The summed E-state index contributed by atoms with van der Waals surface area (Å²) in [4.78, 5) is 13.8. The van der Waals surface area contributed by atoms with Crippen molar-refractivity contribution in [1.29, 1.82) is 0 Å². The molecule has 0 fully saturated rings. The van der Waals surface area contributed by atoms with E-state index in [1.54, 1.807) is 0 Å². The summed E-state index contributed by atoms with van der Waals surface area (Å²) in [7, 11) is 2.08. The van der Waals surface area contributed by atoms with Gasteiger partial charge in [-0.1, -0.05) is 31.6 Å². The summed E-state index contributed by atoms with van der Waals surface area (Å²) in [6.07, 6.45) is 3.13. The van der Waals surface area contributed by atoms with Gasteiger partial charge in [0.2, 0.25) is 0 Å². The zero-order valence-electron chi connectivity index (χ0n) is 13.0. The maximum Gasteiger partial charge on any atom is 0.311 e. The minimum absolute atomic E-state index is 0.341. The number of benzene rings is 1. The lowest BCUT2D eigenvalue weighted by molar-refractivity contribution is -0.140. The smallest absolute Gasteiger partial charge is 0.311 e. The van der Waals surface area contributed by atoms with E-state index in [9.17, 15) is 9.90 Å². The van der Waals surface area contributed by atoms with Crippen LogP contribution in [0.3, 0.4) is 0 Å². The predicted molar refractivity (Wildman–Crippen MR) is 87.0 cm³/mol. The maximum atomic E-state index is 11.5. The minimum atomic E-state index is -0.723. The second kappa shape index (κ2) is 4.85. The van der Waals surface area contributed by atoms with E-state index in [1.807, 2.05) is 6.08 Å². The number of fused-ring (bicyclic) bond motifs is 2. The molecule has 2 aliphatic heterocycles. The quantitative estimate of drug-likeness (QED) is 0.881. The van der Waals surface area contributed by atoms with Crippen molar-refractivity contribution in [3.8, 4) is 0 Å². The van der Waals surface area contributed by atoms with Crippen LogP contribution in [0.2, 0.25) is 0 Å². The Labute approximate surface area is 130 Å². The molecule has 0 saturated carbocycles. The monoisotopic (exact) mass is 298 g/mol. The van der Waals surface area contributed by atoms with Crippen LogP contribution in [0.1, 0.15) is 30.4 Å². The van der Waals surface area contributed by atoms with E-state index < -0.39 is 11.9 Å². The van der Waals surface area contributed by atoms with Crippen molar-refractivity contribution >= 4 is 17.2 Å². The summed E-state index contributed by atoms with van der Waals surface area (Å²) >= 11 is 0. The third-order valence-corrected chi connectivity index (χ3v) is 5.67. The highest BCUT2D eigenvalue weighted by molar-refractivity contribution is 5.85. The van der Waals surface area contributed by atoms with E-state index in [4.69, 9.17) is 0 Å². The van der Waals surface area contributed by atoms with E-state index in [0.717, 1.165) is 13.0 Å². The van der Waals surface area contributed by atoms with Crippen LogP contribution >= 0.6 is 0 Å². The van der Waals surface area contributed by atoms with E-state index in [0.29, 0.717) is 24.4 Å². The molecule has 4 atom stereocenters. The number of nitrogens with zero attached hydrogens (tertiary/aromatic N) is 1. The number of carboxylic acid groups (broad SMARTS) is 1. The van der Waals surface area contributed by atoms with E-state index in [-0.39, 0.29) is 0 Å². The van der Waals surface area contributed by atoms with Gasteiger partial charge in [-0.3, -0.25) is 9.69 Å². The normalized spacial score (nSPS) is 32.7. The van der Waals surface area contributed by atoms with Crippen molar-refractivity contribution in [2.24, 2.45) is 11.8 Å². The summed E-state index contributed by atoms with van der Waals surface area (Å²) in [5.41, 5.74) is 5.14. The zero-order valence-corrected chi connectivity index (χ0v) is 13.0. The molecule has 0 radical (unpaired) electrons. The van der Waals surface area contributed by atoms with Gasteiger partial charge in [0.1, 0.15) is 0 Å². The molecule has 1 aliphatic carbocycles. The van der Waals surface area contributed by atoms with E-state index in [1.165, 1.54) is 22.4 Å². The molecule has 1 aromatic rings. The largest absolute Gasteiger partial charge is 0.481 e. The maximum absolute atomic E-state index is 11.5. The average molecular weight is 298 g/mol. The molecule has 4 heteroatoms. The van der Waals surface area contributed by atoms with Crippen molar-refractivity contribution in [2.45, 2.75) is 25.3 Å². The first kappa shape index (κ1) is 13.8. The van der Waals surface area contributed by atoms with Gasteiger partial charge in [-0.25, -0.2) is 0 Å². The molecule has 0 saturated heterocycles. The van der Waals surface area contributed by atoms with Gasteiger partial charge < -0.3 is 10.4 Å². The van der Waals surface area contributed by atoms with Gasteiger partial charge >= 0.3 is 5.97 Å². The van der Waals surface area contributed by atoms with Gasteiger partial charge in [0.05, 0.1) is 5.92 Å². The number of rotatable bonds is 2. The highest BCUT2D eigenvalue weighted by Gasteiger charge is 2.46. The van der Waals surface area contributed by atoms with Crippen LogP contribution in [0, 0.1) is 11.8 Å². The molecule has 1 aromatic carbocycles. The average Bonchev–Trinajstić information content (AvgIpc) is 2.93. The summed E-state index contributed by atoms with van der Waals surface area (Å²) < 4.78 is 0. The van der Waals surface area contributed by atoms with Crippen LogP contribution < -0.4 is 5.32 Å². The van der Waals surface area contributed by atoms with Crippen LogP contribution in [0.25, 0.3) is 5.57 Å². The number of nitrogens with one attached hydrogen (secondary N) is 1. The zero-order chi connectivity index (χ0) is 15.4. The molecule has 2 heterocycles. The van der Waals surface area contributed by atoms with E-state index in [2.05, 4.69) is 42.4 Å². The fourth-order valence-electron chi connectivity index (χ4n) is 4.77. The lowest BCUT2D eigenvalue weighted by atomic mass is 9.67. The molecule has 2 unspecified atom stereocenters. The number of hydrogen-bond donors (Lipinski definition) is 2. The molecule has 4 rings (SSSR count). The first-order valence-electron chi connectivity index (χ1n) is 8.13. The van der Waals surface area contributed by atoms with Crippen molar-refractivity contribution in [2.75, 3.05) is 25.5 Å². The second-order valence-corrected chi connectivity index (χ2v) is 6.78. The standard InChI is InChI=1S/C18H22N2O2/c1-3-11-14-8-19-15-6-4-5-12(16(14)15)13-7-10(18(21)22)9-20(2)17(11)13/h4-7,10-11,14,17,19H,3,8-9H2,1-2H3,(H,21,22)/t10-,11?,14?,17-/m1/s1. The molecule has 116 valence electrons. The highest BCUT2D eigenvalue weighted by atomic mass is 16.4. The molecule has 0 aromatic heterocycles. The van der Waals surface area contributed by atoms with Gasteiger partial charge in [0, 0.05) is 30.7 Å². The van der Waals surface area contributed by atoms with Gasteiger partial charge in [-0.05, 0) is 35.7 Å². The summed E-state index contributed by atoms with van der Waals surface area (Å²) in [6, 6.07) is 6.74. The Morgan fingerprint density at radius 2 is 2.27 bits per heavy atom. The van der Waals surface area contributed by atoms with Gasteiger partial charge in [-0.2, -0.15) is 0 Å². The molecule has 22 heavy (non-hydrogen) atoms. The number of anilines is 1. The van der Waals surface area contributed by atoms with Crippen molar-refractivity contribution in [3.05, 3.63) is 35.4 Å². The Kier molecular flexibility index (Phi) is 3.05. The molecule has 4 nitrogen and oxygen atoms in total. The summed E-state index contributed by atoms with van der Waals surface area (Å²) in [5.74, 6) is -0.0361. The van der Waals surface area contributed by atoms with Gasteiger partial charge in [0.15, 0.2) is 0 Å². The minimum Gasteiger partial charge on any atom is -0.481 e. The first-order chi connectivity index (χ1) is 10.6. The van der Waals surface area contributed by atoms with Crippen molar-refractivity contribution in [3.63, 3.8) is 0 Å².